The predicted octanol–water partition coefficient (Wildman–Crippen LogP) is 0.552. The first-order valence-electron chi connectivity index (χ1n) is 4.49. The van der Waals surface area contributed by atoms with E-state index < -0.39 is 23.3 Å². The number of rotatable bonds is 4. The van der Waals surface area contributed by atoms with Gasteiger partial charge >= 0.3 is 28.7 Å². The number of hydrogen-bond donors (Lipinski definition) is 1. The molecule has 0 saturated carbocycles. The molecule has 0 unspecified atom stereocenters. The molecule has 0 atom stereocenters. The van der Waals surface area contributed by atoms with E-state index in [1.165, 1.54) is 6.92 Å². The molecule has 0 fully saturated rings. The van der Waals surface area contributed by atoms with Gasteiger partial charge in [-0.2, -0.15) is 13.2 Å². The van der Waals surface area contributed by atoms with Crippen LogP contribution in [0.3, 0.4) is 0 Å². The van der Waals surface area contributed by atoms with Crippen LogP contribution in [0, 0.1) is 0 Å². The topological polar surface area (TPSA) is 50.7 Å². The fourth-order valence-electron chi connectivity index (χ4n) is 0.861. The first kappa shape index (κ1) is 15.0. The van der Waals surface area contributed by atoms with E-state index >= 15 is 0 Å². The summed E-state index contributed by atoms with van der Waals surface area (Å²) in [5.41, 5.74) is -1.61. The maximum atomic E-state index is 12.5. The summed E-state index contributed by atoms with van der Waals surface area (Å²) in [6.45, 7) is 2.60. The second kappa shape index (κ2) is 6.56. The van der Waals surface area contributed by atoms with Gasteiger partial charge in [-0.1, -0.05) is 0 Å². The van der Waals surface area contributed by atoms with Gasteiger partial charge in [0.25, 0.3) is 0 Å². The van der Waals surface area contributed by atoms with E-state index in [9.17, 15) is 18.0 Å². The Kier molecular flexibility index (Phi) is 6.15. The van der Waals surface area contributed by atoms with Crippen LogP contribution in [0.25, 0.3) is 0 Å². The number of nitrogens with one attached hydrogen (secondary N) is 1. The Balaban J connectivity index is 5.21. The van der Waals surface area contributed by atoms with Gasteiger partial charge < -0.3 is 9.15 Å². The van der Waals surface area contributed by atoms with Crippen LogP contribution < -0.4 is 4.41 Å². The van der Waals surface area contributed by atoms with Gasteiger partial charge in [0.2, 0.25) is 0 Å². The van der Waals surface area contributed by atoms with Gasteiger partial charge in [-0.25, -0.2) is 9.90 Å². The number of hydrogen-bond acceptors (Lipinski definition) is 4. The second-order valence-corrected chi connectivity index (χ2v) is 3.19. The molecule has 0 aliphatic heterocycles. The third kappa shape index (κ3) is 4.68. The molecule has 8 heteroatoms. The molecule has 0 aliphatic rings. The monoisotopic (exact) mass is 252 g/mol. The Labute approximate surface area is 99.2 Å². The molecule has 16 heavy (non-hydrogen) atoms. The van der Waals surface area contributed by atoms with Crippen LogP contribution in [-0.4, -0.2) is 41.5 Å². The van der Waals surface area contributed by atoms with Crippen LogP contribution >= 0.6 is 0 Å². The van der Waals surface area contributed by atoms with E-state index in [1.807, 2.05) is 0 Å². The average Bonchev–Trinajstić information content (AvgIpc) is 2.16. The molecule has 0 spiro atoms. The maximum Gasteiger partial charge on any atom is 0.418 e. The van der Waals surface area contributed by atoms with Crippen molar-refractivity contribution in [1.29, 1.82) is 0 Å². The predicted molar refractivity (Wildman–Crippen MR) is 55.6 cm³/mol. The summed E-state index contributed by atoms with van der Waals surface area (Å²) < 4.78 is 44.4. The fraction of sp³-hybridized carbons (Fsp3) is 0.500. The average molecular weight is 252 g/mol. The van der Waals surface area contributed by atoms with Crippen LogP contribution in [-0.2, 0) is 9.53 Å². The number of alkyl halides is 3. The van der Waals surface area contributed by atoms with Crippen LogP contribution in [0.15, 0.2) is 16.2 Å². The molecule has 0 saturated heterocycles. The molecule has 0 aromatic carbocycles. The molecular weight excluding hydrogens is 240 g/mol. The van der Waals surface area contributed by atoms with Crippen molar-refractivity contribution in [3.8, 4) is 0 Å². The Morgan fingerprint density at radius 1 is 1.56 bits per heavy atom. The van der Waals surface area contributed by atoms with Crippen LogP contribution in [0.5, 0.6) is 0 Å². The van der Waals surface area contributed by atoms with Crippen molar-refractivity contribution < 1.29 is 22.7 Å². The zero-order valence-electron chi connectivity index (χ0n) is 9.18. The lowest BCUT2D eigenvalue weighted by Crippen LogP contribution is -2.20. The third-order valence-corrected chi connectivity index (χ3v) is 1.87. The Hall–Kier alpha value is -0.998. The standard InChI is InChI=1S/C8H11F3N2O2.Al.2H/c1-3-15-7(14)5(2)6(4-13-12)8(9,10)11;;;/h4H,3H2,1-2H3,(H2,12,14);;;/q;+1;;/p-1. The van der Waals surface area contributed by atoms with Crippen LogP contribution in [0.2, 0.25) is 0 Å². The summed E-state index contributed by atoms with van der Waals surface area (Å²) in [5.74, 6) is -0.991. The van der Waals surface area contributed by atoms with Gasteiger partial charge in [-0.15, -0.1) is 0 Å². The summed E-state index contributed by atoms with van der Waals surface area (Å²) in [6, 6.07) is 0. The highest BCUT2D eigenvalue weighted by Gasteiger charge is 2.36. The van der Waals surface area contributed by atoms with Crippen LogP contribution in [0.4, 0.5) is 13.2 Å². The summed E-state index contributed by atoms with van der Waals surface area (Å²) in [5, 5.41) is 3.30. The van der Waals surface area contributed by atoms with E-state index in [4.69, 9.17) is 0 Å². The lowest BCUT2D eigenvalue weighted by Gasteiger charge is -2.10. The molecule has 1 N–H and O–H groups in total. The molecule has 0 aromatic rings. The summed E-state index contributed by atoms with van der Waals surface area (Å²) in [6.07, 6.45) is -4.04. The summed E-state index contributed by atoms with van der Waals surface area (Å²) in [4.78, 5) is 11.1. The van der Waals surface area contributed by atoms with Gasteiger partial charge in [0.05, 0.1) is 18.4 Å². The smallest absolute Gasteiger partial charge is 0.418 e. The van der Waals surface area contributed by atoms with E-state index in [-0.39, 0.29) is 6.61 Å². The highest BCUT2D eigenvalue weighted by molar-refractivity contribution is 6.05. The Morgan fingerprint density at radius 2 is 2.12 bits per heavy atom. The molecule has 0 radical (unpaired) electrons. The number of esters is 1. The number of ether oxygens (including phenoxy) is 1. The summed E-state index contributed by atoms with van der Waals surface area (Å²) >= 11 is 0.421. The molecule has 0 bridgehead atoms. The van der Waals surface area contributed by atoms with Crippen molar-refractivity contribution in [2.45, 2.75) is 20.0 Å². The van der Waals surface area contributed by atoms with E-state index in [2.05, 4.69) is 14.2 Å². The Morgan fingerprint density at radius 3 is 2.50 bits per heavy atom. The van der Waals surface area contributed by atoms with E-state index in [0.717, 1.165) is 6.92 Å². The van der Waals surface area contributed by atoms with E-state index in [1.54, 1.807) is 0 Å². The fourth-order valence-corrected chi connectivity index (χ4v) is 0.990. The number of hydrazone groups is 1. The first-order chi connectivity index (χ1) is 7.34. The molecule has 0 rings (SSSR count). The van der Waals surface area contributed by atoms with Gasteiger partial charge in [-0.3, -0.25) is 0 Å². The largest absolute Gasteiger partial charge is 0.463 e. The lowest BCUT2D eigenvalue weighted by atomic mass is 10.1. The molecule has 90 valence electrons. The Bertz CT molecular complexity index is 313. The molecular formula is C8H12AlF3N2O2. The lowest BCUT2D eigenvalue weighted by molar-refractivity contribution is -0.139. The van der Waals surface area contributed by atoms with Crippen molar-refractivity contribution in [2.75, 3.05) is 6.61 Å². The van der Waals surface area contributed by atoms with Gasteiger partial charge in [0.15, 0.2) is 0 Å². The normalized spacial score (nSPS) is 13.6. The number of halogens is 3. The second-order valence-electron chi connectivity index (χ2n) is 2.74. The van der Waals surface area contributed by atoms with Crippen molar-refractivity contribution in [3.05, 3.63) is 11.1 Å². The number of carbonyl (C=O) groups excluding carboxylic acids is 1. The van der Waals surface area contributed by atoms with E-state index in [0.29, 0.717) is 22.7 Å². The van der Waals surface area contributed by atoms with Gasteiger partial charge in [0.1, 0.15) is 0 Å². The zero-order chi connectivity index (χ0) is 12.8. The highest BCUT2D eigenvalue weighted by Crippen LogP contribution is 2.27. The molecule has 0 aliphatic carbocycles. The quantitative estimate of drug-likeness (QED) is 0.261. The van der Waals surface area contributed by atoms with Crippen molar-refractivity contribution in [3.63, 3.8) is 0 Å². The molecule has 0 amide bonds. The minimum atomic E-state index is -4.63. The minimum absolute atomic E-state index is 0.0252. The SMILES string of the molecule is CCOC(=O)/C(C)=C(\C=N\[NH][AlH2])C(F)(F)F. The van der Waals surface area contributed by atoms with Gasteiger partial charge in [-0.05, 0) is 13.8 Å². The first-order valence-corrected chi connectivity index (χ1v) is 5.49. The molecule has 0 aromatic heterocycles. The van der Waals surface area contributed by atoms with Crippen LogP contribution in [0.1, 0.15) is 13.8 Å². The maximum absolute atomic E-state index is 12.5. The number of nitrogens with zero attached hydrogens (tertiary/aromatic N) is 1. The summed E-state index contributed by atoms with van der Waals surface area (Å²) in [7, 11) is 0. The number of allylic oxidation sites excluding steroid dienone is 1. The minimum Gasteiger partial charge on any atom is -0.463 e. The molecule has 4 nitrogen and oxygen atoms in total. The van der Waals surface area contributed by atoms with Crippen molar-refractivity contribution in [2.24, 2.45) is 5.10 Å². The highest BCUT2D eigenvalue weighted by atomic mass is 27.1. The van der Waals surface area contributed by atoms with Crippen molar-refractivity contribution in [1.82, 2.24) is 4.41 Å². The van der Waals surface area contributed by atoms with Gasteiger partial charge in [0, 0.05) is 5.57 Å². The van der Waals surface area contributed by atoms with Crippen molar-refractivity contribution >= 4 is 28.7 Å². The number of carbonyl (C=O) groups is 1. The third-order valence-electron chi connectivity index (χ3n) is 1.61. The molecule has 0 heterocycles. The zero-order valence-corrected chi connectivity index (χ0v) is 11.2.